The van der Waals surface area contributed by atoms with Crippen molar-refractivity contribution in [1.29, 1.82) is 5.41 Å². The summed E-state index contributed by atoms with van der Waals surface area (Å²) in [5.41, 5.74) is 7.39. The number of carbonyl (C=O) groups is 4. The number of β-amino-alcohol motifs (C(OH)–C–C–N with tert-alkyl or cyclic N) is 1. The third kappa shape index (κ3) is 12.2. The second-order valence-corrected chi connectivity index (χ2v) is 17.1. The van der Waals surface area contributed by atoms with Gasteiger partial charge in [0.1, 0.15) is 36.9 Å². The summed E-state index contributed by atoms with van der Waals surface area (Å²) in [6.45, 7) is 8.13. The number of amides is 4. The molecule has 0 radical (unpaired) electrons. The molecule has 3 saturated heterocycles. The Labute approximate surface area is 364 Å². The molecule has 3 fully saturated rings. The van der Waals surface area contributed by atoms with Crippen molar-refractivity contribution >= 4 is 46.4 Å². The molecule has 3 aliphatic heterocycles. The van der Waals surface area contributed by atoms with Gasteiger partial charge in [-0.2, -0.15) is 0 Å². The number of hydrogen-bond donors (Lipinski definition) is 5. The zero-order valence-electron chi connectivity index (χ0n) is 35.9. The van der Waals surface area contributed by atoms with Gasteiger partial charge in [0.25, 0.3) is 0 Å². The van der Waals surface area contributed by atoms with Gasteiger partial charge in [0.05, 0.1) is 55.5 Å². The molecule has 0 spiro atoms. The van der Waals surface area contributed by atoms with Gasteiger partial charge in [-0.25, -0.2) is 13.8 Å². The first-order valence-electron chi connectivity index (χ1n) is 21.1. The maximum atomic E-state index is 15.4. The Morgan fingerprint density at radius 1 is 1.05 bits per heavy atom. The largest absolute Gasteiger partial charge is 0.391 e. The number of rotatable bonds is 17. The predicted molar refractivity (Wildman–Crippen MR) is 229 cm³/mol. The van der Waals surface area contributed by atoms with E-state index in [1.54, 1.807) is 56.3 Å². The Kier molecular flexibility index (Phi) is 15.9. The van der Waals surface area contributed by atoms with E-state index in [1.807, 2.05) is 4.90 Å². The van der Waals surface area contributed by atoms with Crippen molar-refractivity contribution in [3.8, 4) is 11.1 Å². The lowest BCUT2D eigenvalue weighted by atomic mass is 9.85. The first-order valence-corrected chi connectivity index (χ1v) is 21.1. The van der Waals surface area contributed by atoms with Crippen LogP contribution < -0.4 is 16.4 Å². The van der Waals surface area contributed by atoms with Crippen molar-refractivity contribution in [2.24, 2.45) is 11.1 Å². The van der Waals surface area contributed by atoms with Crippen LogP contribution in [0.2, 0.25) is 0 Å². The van der Waals surface area contributed by atoms with Crippen LogP contribution in [-0.2, 0) is 39.9 Å². The van der Waals surface area contributed by atoms with E-state index >= 15 is 8.78 Å². The molecule has 0 bridgehead atoms. The maximum absolute atomic E-state index is 15.4. The molecular weight excluding hydrogens is 821 g/mol. The first-order chi connectivity index (χ1) is 30.1. The van der Waals surface area contributed by atoms with Crippen LogP contribution in [0.1, 0.15) is 51.3 Å². The topological polar surface area (TPSA) is 226 Å². The zero-order valence-corrected chi connectivity index (χ0v) is 35.9. The number of allylic oxidation sites excluding steroid dienone is 1. The van der Waals surface area contributed by atoms with Crippen molar-refractivity contribution in [2.45, 2.75) is 70.8 Å². The number of aliphatic hydroxyl groups excluding tert-OH is 1. The van der Waals surface area contributed by atoms with Gasteiger partial charge in [-0.1, -0.05) is 32.9 Å². The minimum Gasteiger partial charge on any atom is -0.391 e. The van der Waals surface area contributed by atoms with Crippen LogP contribution in [0.3, 0.4) is 0 Å². The number of nitrogens with two attached hydrogens (primary N) is 1. The van der Waals surface area contributed by atoms with Gasteiger partial charge in [0, 0.05) is 80.8 Å². The molecule has 3 aliphatic rings. The van der Waals surface area contributed by atoms with Gasteiger partial charge >= 0.3 is 0 Å². The molecule has 3 atom stereocenters. The van der Waals surface area contributed by atoms with E-state index in [0.717, 1.165) is 6.21 Å². The molecule has 3 aromatic rings. The SMILES string of the molecule is CC(C)(C)C(NC(=O)COCCOCC(=O)N1CCC(N/C=C(\C=N)c2cnc3cccc(-c4cc(F)c(CN5CCOCC5)c(F)c4)c3n2)CC1)C(=O)N1CC(O)CC1C(N)=O. The molecule has 6 rings (SSSR count). The average molecular weight is 878 g/mol. The Morgan fingerprint density at radius 3 is 2.38 bits per heavy atom. The van der Waals surface area contributed by atoms with Gasteiger partial charge < -0.3 is 50.9 Å². The maximum Gasteiger partial charge on any atom is 0.248 e. The number of halogens is 2. The molecule has 1 aromatic heterocycles. The first kappa shape index (κ1) is 47.0. The molecule has 0 saturated carbocycles. The normalized spacial score (nSPS) is 19.6. The van der Waals surface area contributed by atoms with Gasteiger partial charge in [-0.05, 0) is 42.0 Å². The van der Waals surface area contributed by atoms with E-state index in [9.17, 15) is 24.3 Å². The highest BCUT2D eigenvalue weighted by Gasteiger charge is 2.44. The summed E-state index contributed by atoms with van der Waals surface area (Å²) in [4.78, 5) is 65.0. The molecule has 3 unspecified atom stereocenters. The molecule has 4 heterocycles. The van der Waals surface area contributed by atoms with Gasteiger partial charge in [-0.3, -0.25) is 29.1 Å². The number of nitrogens with one attached hydrogen (secondary N) is 3. The second kappa shape index (κ2) is 21.3. The number of benzene rings is 2. The molecular formula is C44H57F2N9O8. The highest BCUT2D eigenvalue weighted by Crippen LogP contribution is 2.31. The summed E-state index contributed by atoms with van der Waals surface area (Å²) in [5, 5.41) is 24.2. The Balaban J connectivity index is 0.941. The van der Waals surface area contributed by atoms with Crippen LogP contribution in [0.15, 0.2) is 42.7 Å². The molecule has 4 amide bonds. The number of primary amides is 1. The van der Waals surface area contributed by atoms with Crippen molar-refractivity contribution in [1.82, 2.24) is 35.3 Å². The van der Waals surface area contributed by atoms with E-state index in [-0.39, 0.29) is 63.5 Å². The van der Waals surface area contributed by atoms with Crippen LogP contribution in [0.5, 0.6) is 0 Å². The predicted octanol–water partition coefficient (Wildman–Crippen LogP) is 1.99. The number of aromatic nitrogens is 2. The lowest BCUT2D eigenvalue weighted by Crippen LogP contribution is -2.57. The highest BCUT2D eigenvalue weighted by atomic mass is 19.1. The number of para-hydroxylation sites is 1. The monoisotopic (exact) mass is 877 g/mol. The van der Waals surface area contributed by atoms with Crippen LogP contribution in [0, 0.1) is 22.5 Å². The number of aliphatic hydroxyl groups is 1. The summed E-state index contributed by atoms with van der Waals surface area (Å²) < 4.78 is 47.0. The minimum atomic E-state index is -1.00. The third-order valence-electron chi connectivity index (χ3n) is 11.4. The number of likely N-dealkylation sites (tertiary alicyclic amines) is 2. The summed E-state index contributed by atoms with van der Waals surface area (Å²) in [5.74, 6) is -3.27. The fourth-order valence-corrected chi connectivity index (χ4v) is 7.87. The van der Waals surface area contributed by atoms with Crippen molar-refractivity contribution in [3.05, 3.63) is 65.6 Å². The number of nitrogens with zero attached hydrogens (tertiary/aromatic N) is 5. The Hall–Kier alpha value is -5.47. The number of piperidine rings is 1. The van der Waals surface area contributed by atoms with E-state index in [0.29, 0.717) is 85.7 Å². The number of carbonyl (C=O) groups excluding carboxylic acids is 4. The number of ether oxygens (including phenoxy) is 3. The Morgan fingerprint density at radius 2 is 1.73 bits per heavy atom. The summed E-state index contributed by atoms with van der Waals surface area (Å²) >= 11 is 0. The quantitative estimate of drug-likeness (QED) is 0.0970. The van der Waals surface area contributed by atoms with Gasteiger partial charge in [-0.15, -0.1) is 0 Å². The zero-order chi connectivity index (χ0) is 45.3. The number of morpholine rings is 1. The van der Waals surface area contributed by atoms with E-state index in [2.05, 4.69) is 15.6 Å². The van der Waals surface area contributed by atoms with E-state index < -0.39 is 53.0 Å². The smallest absolute Gasteiger partial charge is 0.248 e. The van der Waals surface area contributed by atoms with Crippen LogP contribution in [-0.4, -0.2) is 156 Å². The van der Waals surface area contributed by atoms with Crippen LogP contribution in [0.4, 0.5) is 8.78 Å². The van der Waals surface area contributed by atoms with Crippen molar-refractivity contribution in [3.63, 3.8) is 0 Å². The molecule has 17 nitrogen and oxygen atoms in total. The van der Waals surface area contributed by atoms with Crippen LogP contribution in [0.25, 0.3) is 27.7 Å². The van der Waals surface area contributed by atoms with Gasteiger partial charge in [0.15, 0.2) is 0 Å². The average Bonchev–Trinajstić information content (AvgIpc) is 3.67. The number of hydrogen-bond acceptors (Lipinski definition) is 13. The molecule has 340 valence electrons. The van der Waals surface area contributed by atoms with E-state index in [1.165, 1.54) is 17.0 Å². The molecule has 63 heavy (non-hydrogen) atoms. The molecule has 2 aromatic carbocycles. The standard InChI is InChI=1S/C44H57F2N9O8/c1-44(2,3)41(43(60)55-23-30(56)19-37(55)42(48)59)52-38(57)25-62-15-16-63-26-39(58)54-9-7-29(8-10-54)49-21-28(20-47)36-22-50-35-6-4-5-31(40(35)51-36)27-17-33(45)32(34(46)18-27)24-53-11-13-61-14-12-53/h4-6,17-18,20-22,29-30,37,41,47,49,56H,7-16,19,23-26H2,1-3H3,(H2,48,59)(H,52,57)/b28-21+,47-20?. The van der Waals surface area contributed by atoms with Crippen molar-refractivity contribution in [2.75, 3.05) is 72.4 Å². The highest BCUT2D eigenvalue weighted by molar-refractivity contribution is 6.08. The van der Waals surface area contributed by atoms with Gasteiger partial charge in [0.2, 0.25) is 23.6 Å². The Bertz CT molecular complexity index is 2150. The summed E-state index contributed by atoms with van der Waals surface area (Å²) in [6, 6.07) is 5.95. The summed E-state index contributed by atoms with van der Waals surface area (Å²) in [6.07, 6.45) is 4.82. The molecule has 6 N–H and O–H groups in total. The minimum absolute atomic E-state index is 0.00576. The van der Waals surface area contributed by atoms with Crippen LogP contribution >= 0.6 is 0 Å². The fourth-order valence-electron chi connectivity index (χ4n) is 7.87. The second-order valence-electron chi connectivity index (χ2n) is 17.1. The number of fused-ring (bicyclic) bond motifs is 1. The third-order valence-corrected chi connectivity index (χ3v) is 11.4. The lowest BCUT2D eigenvalue weighted by Gasteiger charge is -2.35. The molecule has 0 aliphatic carbocycles. The van der Waals surface area contributed by atoms with Crippen molar-refractivity contribution < 1.29 is 47.3 Å². The van der Waals surface area contributed by atoms with E-state index in [4.69, 9.17) is 30.3 Å². The fraction of sp³-hybridized carbons (Fsp3) is 0.523. The summed E-state index contributed by atoms with van der Waals surface area (Å²) in [7, 11) is 0. The lowest BCUT2D eigenvalue weighted by molar-refractivity contribution is -0.144. The molecule has 19 heteroatoms.